The van der Waals surface area contributed by atoms with Crippen molar-refractivity contribution in [2.45, 2.75) is 44.2 Å². The van der Waals surface area contributed by atoms with E-state index in [1.807, 2.05) is 0 Å². The van der Waals surface area contributed by atoms with Gasteiger partial charge in [0.05, 0.1) is 5.56 Å². The van der Waals surface area contributed by atoms with Crippen molar-refractivity contribution in [3.05, 3.63) is 61.8 Å². The number of cyclic esters (lactones) is 1. The Balaban J connectivity index is 1.88. The van der Waals surface area contributed by atoms with E-state index in [-0.39, 0.29) is 11.6 Å². The van der Waals surface area contributed by atoms with Crippen molar-refractivity contribution in [3.8, 4) is 5.88 Å². The molecule has 0 radical (unpaired) electrons. The molecule has 1 aliphatic carbocycles. The van der Waals surface area contributed by atoms with Crippen LogP contribution in [0.2, 0.25) is 0 Å². The van der Waals surface area contributed by atoms with Gasteiger partial charge in [-0.15, -0.1) is 0 Å². The van der Waals surface area contributed by atoms with E-state index < -0.39 is 29.2 Å². The number of rotatable bonds is 2. The molecule has 130 valence electrons. The largest absolute Gasteiger partial charge is 0.494 e. The Kier molecular flexibility index (Phi) is 3.71. The smallest absolute Gasteiger partial charge is 0.339 e. The highest BCUT2D eigenvalue weighted by Gasteiger charge is 2.37. The van der Waals surface area contributed by atoms with Crippen LogP contribution in [0.4, 0.5) is 0 Å². The summed E-state index contributed by atoms with van der Waals surface area (Å²) in [5.41, 5.74) is -0.577. The van der Waals surface area contributed by atoms with E-state index in [1.54, 1.807) is 24.3 Å². The Hall–Kier alpha value is -2.83. The van der Waals surface area contributed by atoms with Gasteiger partial charge in [-0.2, -0.15) is 0 Å². The number of nitrogens with one attached hydrogen (secondary N) is 1. The summed E-state index contributed by atoms with van der Waals surface area (Å²) in [5.74, 6) is -0.954. The summed E-state index contributed by atoms with van der Waals surface area (Å²) in [6.07, 6.45) is 3.54. The first-order chi connectivity index (χ1) is 12.1. The number of aromatic hydroxyl groups is 1. The molecule has 2 aromatic rings. The summed E-state index contributed by atoms with van der Waals surface area (Å²) in [7, 11) is 0. The number of ether oxygens (including phenoxy) is 1. The Labute approximate surface area is 142 Å². The molecule has 1 saturated carbocycles. The van der Waals surface area contributed by atoms with E-state index in [0.29, 0.717) is 11.1 Å². The molecular weight excluding hydrogens is 324 g/mol. The molecule has 0 spiro atoms. The molecule has 25 heavy (non-hydrogen) atoms. The van der Waals surface area contributed by atoms with Crippen molar-refractivity contribution >= 4 is 5.97 Å². The minimum atomic E-state index is -1.01. The second-order valence-electron chi connectivity index (χ2n) is 6.53. The van der Waals surface area contributed by atoms with Gasteiger partial charge in [-0.05, 0) is 18.9 Å². The van der Waals surface area contributed by atoms with Crippen LogP contribution in [0.5, 0.6) is 5.88 Å². The molecule has 0 unspecified atom stereocenters. The van der Waals surface area contributed by atoms with Crippen LogP contribution in [0.3, 0.4) is 0 Å². The molecule has 7 heteroatoms. The van der Waals surface area contributed by atoms with Gasteiger partial charge in [0, 0.05) is 11.6 Å². The van der Waals surface area contributed by atoms with E-state index in [0.717, 1.165) is 32.1 Å². The third-order valence-corrected chi connectivity index (χ3v) is 5.04. The van der Waals surface area contributed by atoms with Crippen LogP contribution in [0.1, 0.15) is 65.7 Å². The highest BCUT2D eigenvalue weighted by molar-refractivity contribution is 5.94. The number of carbonyl (C=O) groups is 1. The third-order valence-electron chi connectivity index (χ3n) is 5.04. The average Bonchev–Trinajstić information content (AvgIpc) is 2.93. The van der Waals surface area contributed by atoms with Crippen LogP contribution >= 0.6 is 0 Å². The fourth-order valence-electron chi connectivity index (χ4n) is 3.83. The van der Waals surface area contributed by atoms with Gasteiger partial charge < -0.3 is 9.84 Å². The lowest BCUT2D eigenvalue weighted by molar-refractivity contribution is 0.0448. The second kappa shape index (κ2) is 5.91. The van der Waals surface area contributed by atoms with E-state index in [2.05, 4.69) is 4.98 Å². The van der Waals surface area contributed by atoms with Gasteiger partial charge >= 0.3 is 11.7 Å². The SMILES string of the molecule is O=C1O[C@H](c2c(O)n(C3CCCCC3)c(=O)[nH]c2=O)c2ccccc21. The van der Waals surface area contributed by atoms with Crippen molar-refractivity contribution in [1.82, 2.24) is 9.55 Å². The number of benzene rings is 1. The molecule has 2 N–H and O–H groups in total. The summed E-state index contributed by atoms with van der Waals surface area (Å²) in [6, 6.07) is 6.56. The number of carbonyl (C=O) groups excluding carboxylic acids is 1. The molecule has 1 aromatic heterocycles. The van der Waals surface area contributed by atoms with Gasteiger partial charge in [-0.25, -0.2) is 9.59 Å². The summed E-state index contributed by atoms with van der Waals surface area (Å²) in [5, 5.41) is 10.7. The molecule has 2 heterocycles. The maximum Gasteiger partial charge on any atom is 0.339 e. The Bertz CT molecular complexity index is 953. The maximum absolute atomic E-state index is 12.4. The number of aromatic nitrogens is 2. The molecular formula is C18H18N2O5. The van der Waals surface area contributed by atoms with E-state index >= 15 is 0 Å². The van der Waals surface area contributed by atoms with Gasteiger partial charge in [-0.1, -0.05) is 37.5 Å². The molecule has 1 fully saturated rings. The van der Waals surface area contributed by atoms with Gasteiger partial charge in [0.25, 0.3) is 5.56 Å². The normalized spacial score (nSPS) is 20.3. The number of fused-ring (bicyclic) bond motifs is 1. The highest BCUT2D eigenvalue weighted by atomic mass is 16.5. The summed E-state index contributed by atoms with van der Waals surface area (Å²) in [6.45, 7) is 0. The summed E-state index contributed by atoms with van der Waals surface area (Å²) in [4.78, 5) is 39.0. The number of aromatic amines is 1. The van der Waals surface area contributed by atoms with Crippen molar-refractivity contribution in [3.63, 3.8) is 0 Å². The minimum absolute atomic E-state index is 0.0940. The first-order valence-corrected chi connectivity index (χ1v) is 8.45. The van der Waals surface area contributed by atoms with Crippen molar-refractivity contribution in [2.75, 3.05) is 0 Å². The minimum Gasteiger partial charge on any atom is -0.494 e. The lowest BCUT2D eigenvalue weighted by atomic mass is 9.95. The predicted molar refractivity (Wildman–Crippen MR) is 88.8 cm³/mol. The summed E-state index contributed by atoms with van der Waals surface area (Å²) < 4.78 is 6.57. The van der Waals surface area contributed by atoms with Crippen molar-refractivity contribution < 1.29 is 14.6 Å². The second-order valence-corrected chi connectivity index (χ2v) is 6.53. The van der Waals surface area contributed by atoms with Crippen LogP contribution in [0, 0.1) is 0 Å². The molecule has 2 aliphatic rings. The van der Waals surface area contributed by atoms with Crippen LogP contribution < -0.4 is 11.2 Å². The zero-order valence-corrected chi connectivity index (χ0v) is 13.5. The van der Waals surface area contributed by atoms with Crippen LogP contribution in [0.25, 0.3) is 0 Å². The number of H-pyrrole nitrogens is 1. The van der Waals surface area contributed by atoms with Crippen molar-refractivity contribution in [1.29, 1.82) is 0 Å². The maximum atomic E-state index is 12.4. The molecule has 1 aliphatic heterocycles. The zero-order valence-electron chi connectivity index (χ0n) is 13.5. The average molecular weight is 342 g/mol. The molecule has 0 amide bonds. The van der Waals surface area contributed by atoms with Gasteiger partial charge in [0.15, 0.2) is 6.10 Å². The fourth-order valence-corrected chi connectivity index (χ4v) is 3.83. The number of nitrogens with zero attached hydrogens (tertiary/aromatic N) is 1. The number of hydrogen-bond donors (Lipinski definition) is 2. The highest BCUT2D eigenvalue weighted by Crippen LogP contribution is 2.38. The Morgan fingerprint density at radius 3 is 2.56 bits per heavy atom. The number of esters is 1. The van der Waals surface area contributed by atoms with Gasteiger partial charge in [-0.3, -0.25) is 14.3 Å². The standard InChI is InChI=1S/C18H18N2O5/c21-15-13(14-11-8-4-5-9-12(11)17(23)25-14)16(22)20(18(24)19-15)10-6-2-1-3-7-10/h4-5,8-10,14,22H,1-3,6-7H2,(H,19,21,24)/t14-/m0/s1. The molecule has 1 atom stereocenters. The zero-order chi connectivity index (χ0) is 17.6. The predicted octanol–water partition coefficient (Wildman–Crippen LogP) is 2.01. The first-order valence-electron chi connectivity index (χ1n) is 8.45. The molecule has 0 bridgehead atoms. The Morgan fingerprint density at radius 1 is 1.08 bits per heavy atom. The van der Waals surface area contributed by atoms with Crippen LogP contribution in [-0.2, 0) is 4.74 Å². The monoisotopic (exact) mass is 342 g/mol. The van der Waals surface area contributed by atoms with Crippen LogP contribution in [0.15, 0.2) is 33.9 Å². The molecule has 4 rings (SSSR count). The lowest BCUT2D eigenvalue weighted by Crippen LogP contribution is -2.36. The summed E-state index contributed by atoms with van der Waals surface area (Å²) >= 11 is 0. The topological polar surface area (TPSA) is 101 Å². The Morgan fingerprint density at radius 2 is 1.80 bits per heavy atom. The van der Waals surface area contributed by atoms with Gasteiger partial charge in [0.1, 0.15) is 5.56 Å². The molecule has 0 saturated heterocycles. The van der Waals surface area contributed by atoms with E-state index in [9.17, 15) is 19.5 Å². The first kappa shape index (κ1) is 15.7. The van der Waals surface area contributed by atoms with Crippen molar-refractivity contribution in [2.24, 2.45) is 0 Å². The van der Waals surface area contributed by atoms with Gasteiger partial charge in [0.2, 0.25) is 5.88 Å². The molecule has 7 nitrogen and oxygen atoms in total. The number of hydrogen-bond acceptors (Lipinski definition) is 5. The van der Waals surface area contributed by atoms with E-state index in [1.165, 1.54) is 4.57 Å². The van der Waals surface area contributed by atoms with Crippen LogP contribution in [-0.4, -0.2) is 20.6 Å². The van der Waals surface area contributed by atoms with E-state index in [4.69, 9.17) is 4.74 Å². The lowest BCUT2D eigenvalue weighted by Gasteiger charge is -2.25. The fraction of sp³-hybridized carbons (Fsp3) is 0.389. The molecule has 1 aromatic carbocycles. The quantitative estimate of drug-likeness (QED) is 0.813. The third kappa shape index (κ3) is 2.47.